The van der Waals surface area contributed by atoms with Crippen LogP contribution in [0.1, 0.15) is 16.7 Å². The van der Waals surface area contributed by atoms with E-state index in [2.05, 4.69) is 41.2 Å². The number of hydrogen-bond donors (Lipinski definition) is 0. The van der Waals surface area contributed by atoms with Gasteiger partial charge in [0.05, 0.1) is 0 Å². The fourth-order valence-electron chi connectivity index (χ4n) is 1.64. The van der Waals surface area contributed by atoms with Gasteiger partial charge >= 0.3 is 0 Å². The van der Waals surface area contributed by atoms with Crippen molar-refractivity contribution in [1.29, 1.82) is 0 Å². The molecule has 1 aromatic heterocycles. The van der Waals surface area contributed by atoms with Gasteiger partial charge in [0.15, 0.2) is 5.15 Å². The van der Waals surface area contributed by atoms with Crippen LogP contribution in [0.15, 0.2) is 18.5 Å². The lowest BCUT2D eigenvalue weighted by Gasteiger charge is -2.09. The van der Waals surface area contributed by atoms with Gasteiger partial charge in [-0.15, -0.1) is 10.2 Å². The predicted molar refractivity (Wildman–Crippen MR) is 64.5 cm³/mol. The van der Waals surface area contributed by atoms with Crippen LogP contribution in [-0.4, -0.2) is 15.2 Å². The summed E-state index contributed by atoms with van der Waals surface area (Å²) >= 11 is 6.01. The quantitative estimate of drug-likeness (QED) is 0.760. The van der Waals surface area contributed by atoms with Crippen LogP contribution in [0.4, 0.5) is 0 Å². The SMILES string of the molecule is Cc1cc(C)c(-c2nncnc2Cl)cc1C. The van der Waals surface area contributed by atoms with E-state index in [9.17, 15) is 0 Å². The van der Waals surface area contributed by atoms with E-state index < -0.39 is 0 Å². The molecule has 16 heavy (non-hydrogen) atoms. The maximum Gasteiger partial charge on any atom is 0.159 e. The number of aryl methyl sites for hydroxylation is 3. The molecule has 1 aromatic carbocycles. The summed E-state index contributed by atoms with van der Waals surface area (Å²) in [5.41, 5.74) is 5.24. The van der Waals surface area contributed by atoms with Crippen molar-refractivity contribution in [3.8, 4) is 11.3 Å². The van der Waals surface area contributed by atoms with Crippen molar-refractivity contribution in [2.24, 2.45) is 0 Å². The first-order valence-corrected chi connectivity index (χ1v) is 5.39. The first-order chi connectivity index (χ1) is 7.59. The van der Waals surface area contributed by atoms with Gasteiger partial charge in [-0.2, -0.15) is 0 Å². The van der Waals surface area contributed by atoms with Crippen molar-refractivity contribution in [3.63, 3.8) is 0 Å². The maximum atomic E-state index is 6.01. The third-order valence-electron chi connectivity index (χ3n) is 2.67. The molecule has 0 bridgehead atoms. The first-order valence-electron chi connectivity index (χ1n) is 5.01. The van der Waals surface area contributed by atoms with Gasteiger partial charge in [-0.05, 0) is 43.5 Å². The average Bonchev–Trinajstić information content (AvgIpc) is 2.25. The third-order valence-corrected chi connectivity index (χ3v) is 2.95. The zero-order valence-corrected chi connectivity index (χ0v) is 10.2. The van der Waals surface area contributed by atoms with E-state index in [1.165, 1.54) is 17.5 Å². The Labute approximate surface area is 99.5 Å². The van der Waals surface area contributed by atoms with E-state index in [1.807, 2.05) is 6.92 Å². The molecule has 0 atom stereocenters. The molecule has 0 radical (unpaired) electrons. The molecule has 2 aromatic rings. The highest BCUT2D eigenvalue weighted by molar-refractivity contribution is 6.31. The largest absolute Gasteiger partial charge is 0.220 e. The second-order valence-electron chi connectivity index (χ2n) is 3.85. The van der Waals surface area contributed by atoms with Crippen LogP contribution in [0.2, 0.25) is 5.15 Å². The molecular formula is C12H12ClN3. The average molecular weight is 234 g/mol. The van der Waals surface area contributed by atoms with Crippen molar-refractivity contribution >= 4 is 11.6 Å². The molecular weight excluding hydrogens is 222 g/mol. The Hall–Kier alpha value is -1.48. The summed E-state index contributed by atoms with van der Waals surface area (Å²) < 4.78 is 0. The normalized spacial score (nSPS) is 10.5. The number of halogens is 1. The van der Waals surface area contributed by atoms with E-state index in [4.69, 9.17) is 11.6 Å². The fourth-order valence-corrected chi connectivity index (χ4v) is 1.83. The summed E-state index contributed by atoms with van der Waals surface area (Å²) in [5, 5.41) is 8.20. The molecule has 2 rings (SSSR count). The smallest absolute Gasteiger partial charge is 0.159 e. The van der Waals surface area contributed by atoms with Crippen molar-refractivity contribution in [1.82, 2.24) is 15.2 Å². The minimum atomic E-state index is 0.390. The lowest BCUT2D eigenvalue weighted by Crippen LogP contribution is -1.95. The molecule has 0 aliphatic rings. The minimum absolute atomic E-state index is 0.390. The number of hydrogen-bond acceptors (Lipinski definition) is 3. The van der Waals surface area contributed by atoms with Crippen LogP contribution >= 0.6 is 11.6 Å². The van der Waals surface area contributed by atoms with Gasteiger partial charge in [0.1, 0.15) is 12.0 Å². The molecule has 0 saturated carbocycles. The van der Waals surface area contributed by atoms with Crippen LogP contribution in [0.5, 0.6) is 0 Å². The van der Waals surface area contributed by atoms with Crippen molar-refractivity contribution in [2.75, 3.05) is 0 Å². The fraction of sp³-hybridized carbons (Fsp3) is 0.250. The van der Waals surface area contributed by atoms with Gasteiger partial charge < -0.3 is 0 Å². The molecule has 82 valence electrons. The summed E-state index contributed by atoms with van der Waals surface area (Å²) in [4.78, 5) is 3.94. The number of aromatic nitrogens is 3. The molecule has 4 heteroatoms. The third kappa shape index (κ3) is 1.91. The molecule has 3 nitrogen and oxygen atoms in total. The standard InChI is InChI=1S/C12H12ClN3/c1-7-4-9(3)10(5-8(7)2)11-12(13)14-6-15-16-11/h4-6H,1-3H3. The van der Waals surface area contributed by atoms with E-state index >= 15 is 0 Å². The highest BCUT2D eigenvalue weighted by Gasteiger charge is 2.10. The van der Waals surface area contributed by atoms with E-state index in [1.54, 1.807) is 0 Å². The maximum absolute atomic E-state index is 6.01. The zero-order chi connectivity index (χ0) is 11.7. The second-order valence-corrected chi connectivity index (χ2v) is 4.21. The molecule has 1 heterocycles. The zero-order valence-electron chi connectivity index (χ0n) is 9.45. The first kappa shape index (κ1) is 11.0. The lowest BCUT2D eigenvalue weighted by atomic mass is 9.99. The summed E-state index contributed by atoms with van der Waals surface area (Å²) in [5.74, 6) is 0. The summed E-state index contributed by atoms with van der Waals surface area (Å²) in [6.45, 7) is 6.19. The summed E-state index contributed by atoms with van der Waals surface area (Å²) in [7, 11) is 0. The Morgan fingerprint density at radius 1 is 1.00 bits per heavy atom. The molecule has 0 amide bonds. The highest BCUT2D eigenvalue weighted by Crippen LogP contribution is 2.28. The van der Waals surface area contributed by atoms with Crippen molar-refractivity contribution < 1.29 is 0 Å². The van der Waals surface area contributed by atoms with Gasteiger partial charge in [-0.1, -0.05) is 17.7 Å². The van der Waals surface area contributed by atoms with Crippen LogP contribution in [0.3, 0.4) is 0 Å². The van der Waals surface area contributed by atoms with Crippen LogP contribution < -0.4 is 0 Å². The molecule has 0 spiro atoms. The molecule has 0 fully saturated rings. The van der Waals surface area contributed by atoms with Gasteiger partial charge in [0.2, 0.25) is 0 Å². The van der Waals surface area contributed by atoms with Crippen molar-refractivity contribution in [2.45, 2.75) is 20.8 Å². The Bertz CT molecular complexity index is 538. The Balaban J connectivity index is 2.65. The number of benzene rings is 1. The Morgan fingerprint density at radius 2 is 1.69 bits per heavy atom. The predicted octanol–water partition coefficient (Wildman–Crippen LogP) is 3.12. The van der Waals surface area contributed by atoms with Crippen LogP contribution in [0, 0.1) is 20.8 Å². The minimum Gasteiger partial charge on any atom is -0.220 e. The van der Waals surface area contributed by atoms with Crippen molar-refractivity contribution in [3.05, 3.63) is 40.3 Å². The molecule has 0 unspecified atom stereocenters. The molecule has 0 aliphatic carbocycles. The van der Waals surface area contributed by atoms with Crippen LogP contribution in [0.25, 0.3) is 11.3 Å². The molecule has 0 aliphatic heterocycles. The van der Waals surface area contributed by atoms with Gasteiger partial charge in [0, 0.05) is 5.56 Å². The number of nitrogens with zero attached hydrogens (tertiary/aromatic N) is 3. The molecule has 0 N–H and O–H groups in total. The highest BCUT2D eigenvalue weighted by atomic mass is 35.5. The summed E-state index contributed by atoms with van der Waals surface area (Å²) in [6.07, 6.45) is 1.35. The van der Waals surface area contributed by atoms with Gasteiger partial charge in [0.25, 0.3) is 0 Å². The Morgan fingerprint density at radius 3 is 2.38 bits per heavy atom. The van der Waals surface area contributed by atoms with Crippen LogP contribution in [-0.2, 0) is 0 Å². The van der Waals surface area contributed by atoms with Gasteiger partial charge in [-0.25, -0.2) is 4.98 Å². The Kier molecular flexibility index (Phi) is 2.88. The van der Waals surface area contributed by atoms with E-state index in [0.29, 0.717) is 10.8 Å². The molecule has 0 saturated heterocycles. The number of rotatable bonds is 1. The lowest BCUT2D eigenvalue weighted by molar-refractivity contribution is 0.975. The second kappa shape index (κ2) is 4.18. The van der Waals surface area contributed by atoms with E-state index in [0.717, 1.165) is 11.1 Å². The topological polar surface area (TPSA) is 38.7 Å². The summed E-state index contributed by atoms with van der Waals surface area (Å²) in [6, 6.07) is 4.19. The monoisotopic (exact) mass is 233 g/mol. The van der Waals surface area contributed by atoms with E-state index in [-0.39, 0.29) is 0 Å². The van der Waals surface area contributed by atoms with Gasteiger partial charge in [-0.3, -0.25) is 0 Å².